The Morgan fingerprint density at radius 1 is 1.38 bits per heavy atom. The lowest BCUT2D eigenvalue weighted by molar-refractivity contribution is -0.213. The van der Waals surface area contributed by atoms with Crippen molar-refractivity contribution in [3.63, 3.8) is 0 Å². The first-order valence-corrected chi connectivity index (χ1v) is 5.50. The Kier molecular flexibility index (Phi) is 1.56. The lowest BCUT2D eigenvalue weighted by Crippen LogP contribution is -2.64. The van der Waals surface area contributed by atoms with Gasteiger partial charge in [-0.15, -0.1) is 0 Å². The molecule has 13 heavy (non-hydrogen) atoms. The molecule has 2 aliphatic rings. The van der Waals surface area contributed by atoms with Gasteiger partial charge in [0.15, 0.2) is 9.84 Å². The minimum Gasteiger partial charge on any atom is -0.314 e. The van der Waals surface area contributed by atoms with E-state index >= 15 is 0 Å². The highest BCUT2D eigenvalue weighted by Gasteiger charge is 2.73. The SMILES string of the molecule is O=S1(=O)C[C@]2(C(F)(F)F)CNC[C@@H]21. The largest absolute Gasteiger partial charge is 0.398 e. The predicted octanol–water partition coefficient (Wildman–Crippen LogP) is -0.0647. The zero-order valence-electron chi connectivity index (χ0n) is 6.56. The summed E-state index contributed by atoms with van der Waals surface area (Å²) in [7, 11) is -3.48. The molecule has 0 radical (unpaired) electrons. The van der Waals surface area contributed by atoms with Crippen molar-refractivity contribution in [3.05, 3.63) is 0 Å². The standard InChI is InChI=1S/C6H8F3NO2S/c7-6(8,9)5-2-10-1-4(5)13(11,12)3-5/h4,10H,1-3H2/t4-,5+/m0/s1. The minimum atomic E-state index is -4.41. The molecule has 0 aromatic rings. The van der Waals surface area contributed by atoms with E-state index in [0.29, 0.717) is 0 Å². The highest BCUT2D eigenvalue weighted by atomic mass is 32.2. The minimum absolute atomic E-state index is 0.0676. The summed E-state index contributed by atoms with van der Waals surface area (Å²) in [6, 6.07) is 0. The molecule has 2 atom stereocenters. The molecule has 0 aromatic carbocycles. The van der Waals surface area contributed by atoms with E-state index in [4.69, 9.17) is 0 Å². The molecule has 3 nitrogen and oxygen atoms in total. The molecule has 76 valence electrons. The van der Waals surface area contributed by atoms with Crippen molar-refractivity contribution < 1.29 is 21.6 Å². The lowest BCUT2D eigenvalue weighted by atomic mass is 9.87. The van der Waals surface area contributed by atoms with E-state index in [1.54, 1.807) is 0 Å². The zero-order valence-corrected chi connectivity index (χ0v) is 7.37. The Bertz CT molecular complexity index is 336. The molecule has 1 N–H and O–H groups in total. The quantitative estimate of drug-likeness (QED) is 0.615. The van der Waals surface area contributed by atoms with Gasteiger partial charge in [-0.1, -0.05) is 0 Å². The van der Waals surface area contributed by atoms with Gasteiger partial charge in [0, 0.05) is 13.1 Å². The van der Waals surface area contributed by atoms with Crippen LogP contribution in [0.1, 0.15) is 0 Å². The zero-order chi connectivity index (χ0) is 9.91. The van der Waals surface area contributed by atoms with Gasteiger partial charge in [0.2, 0.25) is 0 Å². The molecule has 2 fully saturated rings. The van der Waals surface area contributed by atoms with E-state index in [-0.39, 0.29) is 13.1 Å². The van der Waals surface area contributed by atoms with Gasteiger partial charge in [-0.2, -0.15) is 13.2 Å². The van der Waals surface area contributed by atoms with E-state index < -0.39 is 32.4 Å². The second kappa shape index (κ2) is 2.20. The first kappa shape index (κ1) is 9.26. The fraction of sp³-hybridized carbons (Fsp3) is 1.00. The number of sulfone groups is 1. The van der Waals surface area contributed by atoms with Crippen molar-refractivity contribution in [2.24, 2.45) is 5.41 Å². The van der Waals surface area contributed by atoms with E-state index in [2.05, 4.69) is 5.32 Å². The van der Waals surface area contributed by atoms with Crippen LogP contribution in [0.4, 0.5) is 13.2 Å². The van der Waals surface area contributed by atoms with Crippen molar-refractivity contribution in [3.8, 4) is 0 Å². The van der Waals surface area contributed by atoms with Crippen LogP contribution >= 0.6 is 0 Å². The number of nitrogens with one attached hydrogen (secondary N) is 1. The van der Waals surface area contributed by atoms with Gasteiger partial charge in [0.25, 0.3) is 0 Å². The summed E-state index contributed by atoms with van der Waals surface area (Å²) in [6.45, 7) is -0.331. The van der Waals surface area contributed by atoms with Gasteiger partial charge in [-0.3, -0.25) is 0 Å². The van der Waals surface area contributed by atoms with Gasteiger partial charge in [-0.05, 0) is 0 Å². The van der Waals surface area contributed by atoms with Gasteiger partial charge in [-0.25, -0.2) is 8.42 Å². The molecule has 0 spiro atoms. The van der Waals surface area contributed by atoms with Crippen LogP contribution in [0.3, 0.4) is 0 Å². The van der Waals surface area contributed by atoms with Crippen LogP contribution in [0, 0.1) is 5.41 Å². The van der Waals surface area contributed by atoms with E-state index in [9.17, 15) is 21.6 Å². The highest BCUT2D eigenvalue weighted by molar-refractivity contribution is 7.93. The van der Waals surface area contributed by atoms with Crippen LogP contribution in [0.15, 0.2) is 0 Å². The first-order valence-electron chi connectivity index (χ1n) is 3.79. The van der Waals surface area contributed by atoms with Crippen molar-refractivity contribution in [1.29, 1.82) is 0 Å². The number of rotatable bonds is 0. The summed E-state index contributed by atoms with van der Waals surface area (Å²) < 4.78 is 59.5. The normalized spacial score (nSPS) is 42.5. The maximum absolute atomic E-state index is 12.5. The Hall–Kier alpha value is -0.300. The predicted molar refractivity (Wildman–Crippen MR) is 38.9 cm³/mol. The third-order valence-corrected chi connectivity index (χ3v) is 5.25. The third-order valence-electron chi connectivity index (χ3n) is 2.84. The maximum Gasteiger partial charge on any atom is 0.398 e. The number of halogens is 3. The molecule has 2 aliphatic heterocycles. The maximum atomic E-state index is 12.5. The van der Waals surface area contributed by atoms with Crippen molar-refractivity contribution in [1.82, 2.24) is 5.32 Å². The molecule has 2 heterocycles. The van der Waals surface area contributed by atoms with Crippen LogP contribution in [0.5, 0.6) is 0 Å². The number of hydrogen-bond acceptors (Lipinski definition) is 3. The monoisotopic (exact) mass is 215 g/mol. The van der Waals surface area contributed by atoms with Crippen molar-refractivity contribution in [2.75, 3.05) is 18.8 Å². The number of fused-ring (bicyclic) bond motifs is 1. The topological polar surface area (TPSA) is 46.2 Å². The van der Waals surface area contributed by atoms with Crippen molar-refractivity contribution in [2.45, 2.75) is 11.4 Å². The molecule has 0 bridgehead atoms. The highest BCUT2D eigenvalue weighted by Crippen LogP contribution is 2.53. The Morgan fingerprint density at radius 3 is 2.38 bits per heavy atom. The van der Waals surface area contributed by atoms with Crippen LogP contribution < -0.4 is 5.32 Å². The Labute approximate surface area is 73.2 Å². The summed E-state index contributed by atoms with van der Waals surface area (Å²) >= 11 is 0. The average molecular weight is 215 g/mol. The van der Waals surface area contributed by atoms with Gasteiger partial charge in [0.1, 0.15) is 5.41 Å². The first-order chi connectivity index (χ1) is 5.80. The van der Waals surface area contributed by atoms with Crippen LogP contribution in [0.25, 0.3) is 0 Å². The van der Waals surface area contributed by atoms with E-state index in [0.717, 1.165) is 0 Å². The Morgan fingerprint density at radius 2 is 2.00 bits per heavy atom. The molecule has 0 aromatic heterocycles. The molecule has 0 saturated carbocycles. The molecular formula is C6H8F3NO2S. The fourth-order valence-corrected chi connectivity index (χ4v) is 4.52. The van der Waals surface area contributed by atoms with Gasteiger partial charge in [0.05, 0.1) is 11.0 Å². The summed E-state index contributed by atoms with van der Waals surface area (Å²) in [5.41, 5.74) is -1.99. The third kappa shape index (κ3) is 0.969. The molecule has 0 aliphatic carbocycles. The molecule has 0 amide bonds. The second-order valence-corrected chi connectivity index (χ2v) is 5.76. The number of hydrogen-bond donors (Lipinski definition) is 1. The van der Waals surface area contributed by atoms with Gasteiger partial charge < -0.3 is 5.32 Å². The lowest BCUT2D eigenvalue weighted by Gasteiger charge is -2.43. The Balaban J connectivity index is 2.38. The summed E-state index contributed by atoms with van der Waals surface area (Å²) in [6.07, 6.45) is -4.41. The average Bonchev–Trinajstić information content (AvgIpc) is 2.26. The molecule has 2 rings (SSSR count). The molecule has 2 saturated heterocycles. The summed E-state index contributed by atoms with van der Waals surface area (Å²) in [5, 5.41) is 1.24. The smallest absolute Gasteiger partial charge is 0.314 e. The van der Waals surface area contributed by atoms with Crippen LogP contribution in [0.2, 0.25) is 0 Å². The summed E-state index contributed by atoms with van der Waals surface area (Å²) in [4.78, 5) is 0. The van der Waals surface area contributed by atoms with E-state index in [1.165, 1.54) is 0 Å². The van der Waals surface area contributed by atoms with Crippen LogP contribution in [-0.2, 0) is 9.84 Å². The van der Waals surface area contributed by atoms with Gasteiger partial charge >= 0.3 is 6.18 Å². The second-order valence-electron chi connectivity index (χ2n) is 3.58. The van der Waals surface area contributed by atoms with Crippen molar-refractivity contribution >= 4 is 9.84 Å². The van der Waals surface area contributed by atoms with Crippen LogP contribution in [-0.4, -0.2) is 38.7 Å². The molecule has 7 heteroatoms. The van der Waals surface area contributed by atoms with E-state index in [1.807, 2.05) is 0 Å². The molecule has 0 unspecified atom stereocenters. The molecular weight excluding hydrogens is 207 g/mol. The fourth-order valence-electron chi connectivity index (χ4n) is 2.07. The number of alkyl halides is 3. The summed E-state index contributed by atoms with van der Waals surface area (Å²) in [5.74, 6) is -0.749.